The van der Waals surface area contributed by atoms with Crippen LogP contribution in [0.15, 0.2) is 66.2 Å². The summed E-state index contributed by atoms with van der Waals surface area (Å²) in [6.45, 7) is 3.46. The van der Waals surface area contributed by atoms with Gasteiger partial charge in [0.15, 0.2) is 6.61 Å². The van der Waals surface area contributed by atoms with Gasteiger partial charge in [0, 0.05) is 0 Å². The number of hydrogen-bond donors (Lipinski definition) is 2. The first kappa shape index (κ1) is 26.4. The molecule has 10 heteroatoms. The molecule has 9 nitrogen and oxygen atoms in total. The van der Waals surface area contributed by atoms with Gasteiger partial charge in [0.1, 0.15) is 17.1 Å². The fourth-order valence-electron chi connectivity index (χ4n) is 3.72. The van der Waals surface area contributed by atoms with Gasteiger partial charge in [0.2, 0.25) is 0 Å². The third-order valence-corrected chi connectivity index (χ3v) is 6.15. The molecule has 0 radical (unpaired) electrons. The van der Waals surface area contributed by atoms with Gasteiger partial charge in [-0.05, 0) is 73.0 Å². The lowest BCUT2D eigenvalue weighted by atomic mass is 10.0. The molecule has 1 aliphatic heterocycles. The van der Waals surface area contributed by atoms with Crippen LogP contribution in [-0.2, 0) is 14.4 Å². The number of barbiturate groups is 1. The summed E-state index contributed by atoms with van der Waals surface area (Å²) in [5.74, 6) is -1.25. The van der Waals surface area contributed by atoms with E-state index in [1.807, 2.05) is 13.8 Å². The maximum absolute atomic E-state index is 13.1. The predicted molar refractivity (Wildman–Crippen MR) is 143 cm³/mol. The van der Waals surface area contributed by atoms with Crippen LogP contribution < -0.4 is 25.0 Å². The Labute approximate surface area is 224 Å². The molecule has 1 saturated heterocycles. The van der Waals surface area contributed by atoms with Crippen molar-refractivity contribution in [3.63, 3.8) is 0 Å². The van der Waals surface area contributed by atoms with E-state index in [1.54, 1.807) is 48.5 Å². The Bertz CT molecular complexity index is 1480. The molecule has 194 valence electrons. The van der Waals surface area contributed by atoms with Gasteiger partial charge in [-0.2, -0.15) is 0 Å². The van der Waals surface area contributed by atoms with E-state index < -0.39 is 23.8 Å². The Morgan fingerprint density at radius 3 is 2.47 bits per heavy atom. The standard InChI is InChI=1S/C28H24ClN3O6/c1-16-8-10-19(12-17(16)2)32-27(35)20(26(34)31-28(32)36)13-18-9-11-23(21(29)14-18)38-15-25(33)30-22-6-4-5-7-24(22)37-3/h4-14H,15H2,1-3H3,(H,30,33)(H,31,34,36)/b20-13-. The van der Waals surface area contributed by atoms with Crippen LogP contribution in [0, 0.1) is 13.8 Å². The van der Waals surface area contributed by atoms with Crippen LogP contribution in [0.4, 0.5) is 16.2 Å². The molecule has 0 bridgehead atoms. The Hall–Kier alpha value is -4.63. The number of imide groups is 2. The number of carbonyl (C=O) groups is 4. The number of urea groups is 1. The van der Waals surface area contributed by atoms with Gasteiger partial charge in [-0.15, -0.1) is 0 Å². The summed E-state index contributed by atoms with van der Waals surface area (Å²) in [4.78, 5) is 51.3. The second-order valence-electron chi connectivity index (χ2n) is 8.45. The zero-order valence-corrected chi connectivity index (χ0v) is 21.6. The number of para-hydroxylation sites is 2. The van der Waals surface area contributed by atoms with Crippen LogP contribution in [0.2, 0.25) is 5.02 Å². The molecule has 38 heavy (non-hydrogen) atoms. The number of carbonyl (C=O) groups excluding carboxylic acids is 4. The number of aryl methyl sites for hydroxylation is 2. The van der Waals surface area contributed by atoms with Crippen LogP contribution >= 0.6 is 11.6 Å². The summed E-state index contributed by atoms with van der Waals surface area (Å²) < 4.78 is 10.7. The predicted octanol–water partition coefficient (Wildman–Crippen LogP) is 4.65. The van der Waals surface area contributed by atoms with Gasteiger partial charge >= 0.3 is 6.03 Å². The fraction of sp³-hybridized carbons (Fsp3) is 0.143. The van der Waals surface area contributed by atoms with Gasteiger partial charge in [-0.25, -0.2) is 9.69 Å². The van der Waals surface area contributed by atoms with E-state index >= 15 is 0 Å². The summed E-state index contributed by atoms with van der Waals surface area (Å²) in [5, 5.41) is 5.06. The Balaban J connectivity index is 1.48. The molecule has 0 saturated carbocycles. The zero-order chi connectivity index (χ0) is 27.4. The first-order valence-electron chi connectivity index (χ1n) is 11.5. The van der Waals surface area contributed by atoms with Crippen molar-refractivity contribution in [1.29, 1.82) is 0 Å². The molecule has 0 atom stereocenters. The van der Waals surface area contributed by atoms with Crippen molar-refractivity contribution in [1.82, 2.24) is 5.32 Å². The fourth-order valence-corrected chi connectivity index (χ4v) is 3.97. The quantitative estimate of drug-likeness (QED) is 0.337. The molecule has 1 aliphatic rings. The van der Waals surface area contributed by atoms with E-state index in [0.717, 1.165) is 16.0 Å². The summed E-state index contributed by atoms with van der Waals surface area (Å²) in [6, 6.07) is 15.8. The van der Waals surface area contributed by atoms with E-state index in [-0.39, 0.29) is 23.0 Å². The Morgan fingerprint density at radius 1 is 1.00 bits per heavy atom. The van der Waals surface area contributed by atoms with E-state index in [2.05, 4.69) is 10.6 Å². The number of rotatable bonds is 7. The number of amides is 5. The van der Waals surface area contributed by atoms with Crippen LogP contribution in [0.25, 0.3) is 6.08 Å². The molecule has 0 spiro atoms. The number of halogens is 1. The Kier molecular flexibility index (Phi) is 7.78. The van der Waals surface area contributed by atoms with Crippen molar-refractivity contribution in [3.05, 3.63) is 87.9 Å². The lowest BCUT2D eigenvalue weighted by Gasteiger charge is -2.26. The van der Waals surface area contributed by atoms with Crippen LogP contribution in [0.3, 0.4) is 0 Å². The number of methoxy groups -OCH3 is 1. The van der Waals surface area contributed by atoms with Crippen LogP contribution in [0.1, 0.15) is 16.7 Å². The van der Waals surface area contributed by atoms with Crippen LogP contribution in [0.5, 0.6) is 11.5 Å². The van der Waals surface area contributed by atoms with Crippen LogP contribution in [-0.4, -0.2) is 37.5 Å². The maximum Gasteiger partial charge on any atom is 0.335 e. The topological polar surface area (TPSA) is 114 Å². The number of ether oxygens (including phenoxy) is 2. The highest BCUT2D eigenvalue weighted by Crippen LogP contribution is 2.29. The van der Waals surface area contributed by atoms with Crippen molar-refractivity contribution in [3.8, 4) is 11.5 Å². The SMILES string of the molecule is COc1ccccc1NC(=O)COc1ccc(/C=C2/C(=O)NC(=O)N(c3ccc(C)c(C)c3)C2=O)cc1Cl. The first-order chi connectivity index (χ1) is 18.2. The van der Waals surface area contributed by atoms with Crippen molar-refractivity contribution >= 4 is 52.8 Å². The molecule has 3 aromatic rings. The van der Waals surface area contributed by atoms with Crippen molar-refractivity contribution < 1.29 is 28.7 Å². The summed E-state index contributed by atoms with van der Waals surface area (Å²) >= 11 is 6.34. The van der Waals surface area contributed by atoms with Crippen molar-refractivity contribution in [2.75, 3.05) is 23.9 Å². The molecule has 0 unspecified atom stereocenters. The summed E-state index contributed by atoms with van der Waals surface area (Å²) in [5.41, 5.74) is 2.93. The van der Waals surface area contributed by atoms with Gasteiger partial charge in [0.25, 0.3) is 17.7 Å². The van der Waals surface area contributed by atoms with E-state index in [0.29, 0.717) is 22.7 Å². The average Bonchev–Trinajstić information content (AvgIpc) is 2.88. The molecule has 0 aromatic heterocycles. The van der Waals surface area contributed by atoms with Gasteiger partial charge in [-0.1, -0.05) is 35.9 Å². The highest BCUT2D eigenvalue weighted by Gasteiger charge is 2.36. The number of anilines is 2. The molecule has 3 aromatic carbocycles. The third-order valence-electron chi connectivity index (χ3n) is 5.86. The molecular weight excluding hydrogens is 510 g/mol. The smallest absolute Gasteiger partial charge is 0.335 e. The molecule has 1 heterocycles. The van der Waals surface area contributed by atoms with Gasteiger partial charge in [-0.3, -0.25) is 19.7 Å². The molecule has 0 aliphatic carbocycles. The lowest BCUT2D eigenvalue weighted by Crippen LogP contribution is -2.54. The largest absolute Gasteiger partial charge is 0.495 e. The highest BCUT2D eigenvalue weighted by molar-refractivity contribution is 6.39. The second-order valence-corrected chi connectivity index (χ2v) is 8.86. The summed E-state index contributed by atoms with van der Waals surface area (Å²) in [7, 11) is 1.50. The monoisotopic (exact) mass is 533 g/mol. The van der Waals surface area contributed by atoms with E-state index in [4.69, 9.17) is 21.1 Å². The van der Waals surface area contributed by atoms with E-state index in [9.17, 15) is 19.2 Å². The normalized spacial score (nSPS) is 14.4. The first-order valence-corrected chi connectivity index (χ1v) is 11.9. The number of nitrogens with one attached hydrogen (secondary N) is 2. The minimum Gasteiger partial charge on any atom is -0.495 e. The molecule has 1 fully saturated rings. The number of nitrogens with zero attached hydrogens (tertiary/aromatic N) is 1. The maximum atomic E-state index is 13.1. The van der Waals surface area contributed by atoms with Crippen molar-refractivity contribution in [2.24, 2.45) is 0 Å². The minimum atomic E-state index is -0.825. The minimum absolute atomic E-state index is 0.162. The van der Waals surface area contributed by atoms with Gasteiger partial charge < -0.3 is 14.8 Å². The highest BCUT2D eigenvalue weighted by atomic mass is 35.5. The van der Waals surface area contributed by atoms with E-state index in [1.165, 1.54) is 25.3 Å². The zero-order valence-electron chi connectivity index (χ0n) is 20.8. The molecule has 5 amide bonds. The number of benzene rings is 3. The molecule has 2 N–H and O–H groups in total. The third kappa shape index (κ3) is 5.68. The second kappa shape index (κ2) is 11.2. The average molecular weight is 534 g/mol. The molecular formula is C28H24ClN3O6. The lowest BCUT2D eigenvalue weighted by molar-refractivity contribution is -0.122. The summed E-state index contributed by atoms with van der Waals surface area (Å²) in [6.07, 6.45) is 1.34. The molecule has 4 rings (SSSR count). The van der Waals surface area contributed by atoms with Gasteiger partial charge in [0.05, 0.1) is 23.5 Å². The number of hydrogen-bond acceptors (Lipinski definition) is 6. The van der Waals surface area contributed by atoms with Crippen molar-refractivity contribution in [2.45, 2.75) is 13.8 Å². The Morgan fingerprint density at radius 2 is 1.76 bits per heavy atom.